The molecule has 4 nitrogen and oxygen atoms in total. The first-order valence-corrected chi connectivity index (χ1v) is 6.84. The lowest BCUT2D eigenvalue weighted by Crippen LogP contribution is -2.10. The first-order chi connectivity index (χ1) is 9.81. The van der Waals surface area contributed by atoms with E-state index < -0.39 is 6.10 Å². The van der Waals surface area contributed by atoms with Gasteiger partial charge in [-0.3, -0.25) is 9.67 Å². The van der Waals surface area contributed by atoms with Gasteiger partial charge in [0.1, 0.15) is 6.10 Å². The maximum absolute atomic E-state index is 10.7. The lowest BCUT2D eigenvalue weighted by molar-refractivity contribution is 0.208. The van der Waals surface area contributed by atoms with E-state index in [-0.39, 0.29) is 0 Å². The summed E-state index contributed by atoms with van der Waals surface area (Å²) >= 11 is 0. The highest BCUT2D eigenvalue weighted by molar-refractivity contribution is 5.82. The maximum atomic E-state index is 10.7. The minimum absolute atomic E-state index is 0.706. The second-order valence-corrected chi connectivity index (χ2v) is 4.80. The number of aryl methyl sites for hydroxylation is 1. The molecule has 1 atom stereocenters. The quantitative estimate of drug-likeness (QED) is 0.790. The minimum atomic E-state index is -0.706. The highest BCUT2D eigenvalue weighted by atomic mass is 16.3. The van der Waals surface area contributed by atoms with Crippen LogP contribution < -0.4 is 0 Å². The number of hydrogen-bond acceptors (Lipinski definition) is 3. The zero-order chi connectivity index (χ0) is 13.9. The maximum Gasteiger partial charge on any atom is 0.123 e. The Morgan fingerprint density at radius 1 is 1.15 bits per heavy atom. The molecule has 0 fully saturated rings. The normalized spacial score (nSPS) is 12.7. The Morgan fingerprint density at radius 2 is 2.00 bits per heavy atom. The van der Waals surface area contributed by atoms with Crippen molar-refractivity contribution in [3.8, 4) is 0 Å². The van der Waals surface area contributed by atoms with Crippen molar-refractivity contribution in [2.75, 3.05) is 0 Å². The van der Waals surface area contributed by atoms with Gasteiger partial charge in [0, 0.05) is 29.9 Å². The number of para-hydroxylation sites is 1. The van der Waals surface area contributed by atoms with Gasteiger partial charge in [0.05, 0.1) is 11.2 Å². The molecule has 2 heterocycles. The molecule has 1 N–H and O–H groups in total. The number of hydrogen-bond donors (Lipinski definition) is 1. The van der Waals surface area contributed by atoms with Crippen LogP contribution in [0.2, 0.25) is 0 Å². The molecule has 0 amide bonds. The van der Waals surface area contributed by atoms with Crippen LogP contribution in [0.1, 0.15) is 30.7 Å². The van der Waals surface area contributed by atoms with E-state index in [1.165, 1.54) is 0 Å². The summed E-state index contributed by atoms with van der Waals surface area (Å²) in [7, 11) is 0. The summed E-state index contributed by atoms with van der Waals surface area (Å²) < 4.78 is 1.85. The standard InChI is InChI=1S/C16H17N3O/c1-2-11-19-14(8-10-18-19)16(20)13-7-3-5-12-6-4-9-17-15(12)13/h3-10,16,20H,2,11H2,1H3. The number of rotatable bonds is 4. The number of aliphatic hydroxyl groups is 1. The molecule has 4 heteroatoms. The van der Waals surface area contributed by atoms with Gasteiger partial charge >= 0.3 is 0 Å². The van der Waals surface area contributed by atoms with Crippen LogP contribution in [0.5, 0.6) is 0 Å². The van der Waals surface area contributed by atoms with Gasteiger partial charge < -0.3 is 5.11 Å². The Hall–Kier alpha value is -2.20. The fraction of sp³-hybridized carbons (Fsp3) is 0.250. The zero-order valence-electron chi connectivity index (χ0n) is 11.4. The Kier molecular flexibility index (Phi) is 3.48. The van der Waals surface area contributed by atoms with Crippen molar-refractivity contribution >= 4 is 10.9 Å². The lowest BCUT2D eigenvalue weighted by Gasteiger charge is -2.15. The van der Waals surface area contributed by atoms with Crippen molar-refractivity contribution in [3.63, 3.8) is 0 Å². The van der Waals surface area contributed by atoms with Crippen LogP contribution in [0.3, 0.4) is 0 Å². The molecule has 0 aliphatic carbocycles. The Bertz CT molecular complexity index is 715. The summed E-state index contributed by atoms with van der Waals surface area (Å²) in [4.78, 5) is 4.40. The fourth-order valence-electron chi connectivity index (χ4n) is 2.48. The van der Waals surface area contributed by atoms with E-state index in [1.807, 2.05) is 41.1 Å². The van der Waals surface area contributed by atoms with Crippen molar-refractivity contribution in [2.24, 2.45) is 0 Å². The Balaban J connectivity index is 2.08. The molecule has 0 bridgehead atoms. The van der Waals surface area contributed by atoms with E-state index in [9.17, 15) is 5.11 Å². The van der Waals surface area contributed by atoms with Crippen LogP contribution in [-0.2, 0) is 6.54 Å². The number of aromatic nitrogens is 3. The van der Waals surface area contributed by atoms with Crippen LogP contribution in [0.4, 0.5) is 0 Å². The van der Waals surface area contributed by atoms with E-state index in [4.69, 9.17) is 0 Å². The molecule has 0 aliphatic rings. The van der Waals surface area contributed by atoms with Gasteiger partial charge in [-0.15, -0.1) is 0 Å². The highest BCUT2D eigenvalue weighted by Gasteiger charge is 2.17. The summed E-state index contributed by atoms with van der Waals surface area (Å²) in [5.74, 6) is 0. The van der Waals surface area contributed by atoms with Crippen LogP contribution in [0.25, 0.3) is 10.9 Å². The van der Waals surface area contributed by atoms with Gasteiger partial charge in [-0.1, -0.05) is 31.2 Å². The number of pyridine rings is 1. The summed E-state index contributed by atoms with van der Waals surface area (Å²) in [6.45, 7) is 2.90. The molecule has 1 unspecified atom stereocenters. The summed E-state index contributed by atoms with van der Waals surface area (Å²) in [6.07, 6.45) is 3.76. The van der Waals surface area contributed by atoms with Crippen molar-refractivity contribution in [3.05, 3.63) is 60.0 Å². The van der Waals surface area contributed by atoms with E-state index in [0.717, 1.165) is 35.1 Å². The molecule has 0 radical (unpaired) electrons. The third-order valence-electron chi connectivity index (χ3n) is 3.42. The van der Waals surface area contributed by atoms with E-state index in [2.05, 4.69) is 17.0 Å². The van der Waals surface area contributed by atoms with Crippen molar-refractivity contribution < 1.29 is 5.11 Å². The SMILES string of the molecule is CCCn1nccc1C(O)c1cccc2cccnc12. The van der Waals surface area contributed by atoms with Gasteiger partial charge in [0.2, 0.25) is 0 Å². The van der Waals surface area contributed by atoms with E-state index in [1.54, 1.807) is 12.4 Å². The predicted molar refractivity (Wildman–Crippen MR) is 78.3 cm³/mol. The van der Waals surface area contributed by atoms with Crippen LogP contribution >= 0.6 is 0 Å². The van der Waals surface area contributed by atoms with Crippen molar-refractivity contribution in [1.29, 1.82) is 0 Å². The first-order valence-electron chi connectivity index (χ1n) is 6.84. The van der Waals surface area contributed by atoms with Crippen LogP contribution in [0, 0.1) is 0 Å². The first kappa shape index (κ1) is 12.8. The molecule has 1 aromatic carbocycles. The molecule has 102 valence electrons. The third kappa shape index (κ3) is 2.18. The number of benzene rings is 1. The molecular weight excluding hydrogens is 250 g/mol. The van der Waals surface area contributed by atoms with Crippen molar-refractivity contribution in [1.82, 2.24) is 14.8 Å². The monoisotopic (exact) mass is 267 g/mol. The molecule has 0 spiro atoms. The molecule has 3 aromatic rings. The largest absolute Gasteiger partial charge is 0.382 e. The van der Waals surface area contributed by atoms with Crippen LogP contribution in [0.15, 0.2) is 48.8 Å². The molecular formula is C16H17N3O. The Morgan fingerprint density at radius 3 is 2.85 bits per heavy atom. The third-order valence-corrected chi connectivity index (χ3v) is 3.42. The highest BCUT2D eigenvalue weighted by Crippen LogP contribution is 2.27. The van der Waals surface area contributed by atoms with Crippen LogP contribution in [-0.4, -0.2) is 19.9 Å². The van der Waals surface area contributed by atoms with E-state index in [0.29, 0.717) is 0 Å². The minimum Gasteiger partial charge on any atom is -0.382 e. The average Bonchev–Trinajstić information content (AvgIpc) is 2.94. The second-order valence-electron chi connectivity index (χ2n) is 4.80. The predicted octanol–water partition coefficient (Wildman–Crippen LogP) is 2.92. The molecule has 0 aliphatic heterocycles. The molecule has 3 rings (SSSR count). The summed E-state index contributed by atoms with van der Waals surface area (Å²) in [5, 5.41) is 16.0. The van der Waals surface area contributed by atoms with Gasteiger partial charge in [-0.25, -0.2) is 0 Å². The molecule has 2 aromatic heterocycles. The molecule has 20 heavy (non-hydrogen) atoms. The number of fused-ring (bicyclic) bond motifs is 1. The Labute approximate surface area is 117 Å². The fourth-order valence-corrected chi connectivity index (χ4v) is 2.48. The van der Waals surface area contributed by atoms with Gasteiger partial charge in [-0.2, -0.15) is 5.10 Å². The number of nitrogens with zero attached hydrogens (tertiary/aromatic N) is 3. The summed E-state index contributed by atoms with van der Waals surface area (Å²) in [5.41, 5.74) is 2.47. The molecule has 0 saturated carbocycles. The summed E-state index contributed by atoms with van der Waals surface area (Å²) in [6, 6.07) is 11.6. The number of aliphatic hydroxyl groups excluding tert-OH is 1. The van der Waals surface area contributed by atoms with E-state index >= 15 is 0 Å². The van der Waals surface area contributed by atoms with Crippen molar-refractivity contribution in [2.45, 2.75) is 26.0 Å². The lowest BCUT2D eigenvalue weighted by atomic mass is 10.0. The topological polar surface area (TPSA) is 50.9 Å². The smallest absolute Gasteiger partial charge is 0.123 e. The second kappa shape index (κ2) is 5.43. The van der Waals surface area contributed by atoms with Gasteiger partial charge in [0.25, 0.3) is 0 Å². The average molecular weight is 267 g/mol. The molecule has 0 saturated heterocycles. The zero-order valence-corrected chi connectivity index (χ0v) is 11.4. The van der Waals surface area contributed by atoms with Gasteiger partial charge in [-0.05, 0) is 18.6 Å². The van der Waals surface area contributed by atoms with Gasteiger partial charge in [0.15, 0.2) is 0 Å².